The molecule has 1 aromatic rings. The molecule has 1 aromatic carbocycles. The SMILES string of the molecule is CCON(CCCl)c1ccc(C)c(C[C@H](N)CC(=O)O)c1. The van der Waals surface area contributed by atoms with E-state index in [1.165, 1.54) is 0 Å². The molecule has 0 saturated carbocycles. The maximum absolute atomic E-state index is 10.7. The van der Waals surface area contributed by atoms with E-state index in [1.807, 2.05) is 32.0 Å². The lowest BCUT2D eigenvalue weighted by Crippen LogP contribution is -2.28. The van der Waals surface area contributed by atoms with Gasteiger partial charge < -0.3 is 10.8 Å². The zero-order chi connectivity index (χ0) is 15.8. The van der Waals surface area contributed by atoms with Crippen LogP contribution in [0.25, 0.3) is 0 Å². The first-order chi connectivity index (χ1) is 9.97. The number of aliphatic carboxylic acids is 1. The van der Waals surface area contributed by atoms with Crippen LogP contribution in [0.4, 0.5) is 5.69 Å². The van der Waals surface area contributed by atoms with Gasteiger partial charge in [0, 0.05) is 11.9 Å². The molecule has 0 heterocycles. The molecule has 1 rings (SSSR count). The molecule has 6 heteroatoms. The van der Waals surface area contributed by atoms with Gasteiger partial charge in [-0.1, -0.05) is 6.07 Å². The highest BCUT2D eigenvalue weighted by molar-refractivity contribution is 6.18. The highest BCUT2D eigenvalue weighted by Gasteiger charge is 2.13. The van der Waals surface area contributed by atoms with Gasteiger partial charge in [0.25, 0.3) is 0 Å². The predicted molar refractivity (Wildman–Crippen MR) is 84.8 cm³/mol. The Morgan fingerprint density at radius 1 is 1.52 bits per heavy atom. The molecule has 0 aromatic heterocycles. The first-order valence-corrected chi connectivity index (χ1v) is 7.54. The van der Waals surface area contributed by atoms with Crippen LogP contribution in [-0.4, -0.2) is 36.1 Å². The van der Waals surface area contributed by atoms with Crippen molar-refractivity contribution in [1.82, 2.24) is 0 Å². The van der Waals surface area contributed by atoms with E-state index in [-0.39, 0.29) is 6.42 Å². The van der Waals surface area contributed by atoms with Crippen LogP contribution in [0.1, 0.15) is 24.5 Å². The van der Waals surface area contributed by atoms with Gasteiger partial charge in [0.05, 0.1) is 25.3 Å². The summed E-state index contributed by atoms with van der Waals surface area (Å²) >= 11 is 5.79. The van der Waals surface area contributed by atoms with Gasteiger partial charge in [-0.15, -0.1) is 11.6 Å². The van der Waals surface area contributed by atoms with E-state index in [0.29, 0.717) is 25.5 Å². The third-order valence-corrected chi connectivity index (χ3v) is 3.28. The second kappa shape index (κ2) is 8.87. The number of halogens is 1. The van der Waals surface area contributed by atoms with Gasteiger partial charge in [0.1, 0.15) is 0 Å². The maximum atomic E-state index is 10.7. The van der Waals surface area contributed by atoms with Gasteiger partial charge >= 0.3 is 5.97 Å². The van der Waals surface area contributed by atoms with Gasteiger partial charge in [0.15, 0.2) is 0 Å². The molecular weight excluding hydrogens is 292 g/mol. The summed E-state index contributed by atoms with van der Waals surface area (Å²) in [5, 5.41) is 10.5. The van der Waals surface area contributed by atoms with Crippen molar-refractivity contribution in [1.29, 1.82) is 0 Å². The Morgan fingerprint density at radius 3 is 2.81 bits per heavy atom. The fourth-order valence-corrected chi connectivity index (χ4v) is 2.27. The topological polar surface area (TPSA) is 75.8 Å². The minimum Gasteiger partial charge on any atom is -0.481 e. The summed E-state index contributed by atoms with van der Waals surface area (Å²) in [6, 6.07) is 5.53. The monoisotopic (exact) mass is 314 g/mol. The lowest BCUT2D eigenvalue weighted by atomic mass is 9.99. The quantitative estimate of drug-likeness (QED) is 0.540. The second-order valence-electron chi connectivity index (χ2n) is 4.88. The van der Waals surface area contributed by atoms with Crippen molar-refractivity contribution in [3.63, 3.8) is 0 Å². The van der Waals surface area contributed by atoms with Crippen molar-refractivity contribution in [2.24, 2.45) is 5.73 Å². The molecule has 0 bridgehead atoms. The minimum atomic E-state index is -0.880. The van der Waals surface area contributed by atoms with E-state index in [9.17, 15) is 4.79 Å². The number of carboxylic acids is 1. The molecule has 0 amide bonds. The Balaban J connectivity index is 2.89. The number of nitrogens with two attached hydrogens (primary N) is 1. The second-order valence-corrected chi connectivity index (χ2v) is 5.26. The third-order valence-electron chi connectivity index (χ3n) is 3.11. The van der Waals surface area contributed by atoms with E-state index >= 15 is 0 Å². The first-order valence-electron chi connectivity index (χ1n) is 7.01. The van der Waals surface area contributed by atoms with E-state index in [0.717, 1.165) is 16.8 Å². The van der Waals surface area contributed by atoms with Crippen molar-refractivity contribution in [3.05, 3.63) is 29.3 Å². The summed E-state index contributed by atoms with van der Waals surface area (Å²) in [7, 11) is 0. The molecule has 0 radical (unpaired) electrons. The van der Waals surface area contributed by atoms with Crippen LogP contribution in [-0.2, 0) is 16.1 Å². The summed E-state index contributed by atoms with van der Waals surface area (Å²) in [5.74, 6) is -0.420. The van der Waals surface area contributed by atoms with E-state index < -0.39 is 12.0 Å². The van der Waals surface area contributed by atoms with E-state index in [4.69, 9.17) is 27.3 Å². The van der Waals surface area contributed by atoms with E-state index in [1.54, 1.807) is 5.06 Å². The van der Waals surface area contributed by atoms with Crippen LogP contribution < -0.4 is 10.8 Å². The molecule has 1 atom stereocenters. The molecular formula is C15H23ClN2O3. The number of nitrogens with zero attached hydrogens (tertiary/aromatic N) is 1. The third kappa shape index (κ3) is 5.91. The van der Waals surface area contributed by atoms with Crippen molar-refractivity contribution in [2.45, 2.75) is 32.7 Å². The first kappa shape index (κ1) is 17.8. The molecule has 0 aliphatic rings. The highest BCUT2D eigenvalue weighted by Crippen LogP contribution is 2.21. The van der Waals surface area contributed by atoms with Crippen LogP contribution in [0.3, 0.4) is 0 Å². The Labute approximate surface area is 130 Å². The fraction of sp³-hybridized carbons (Fsp3) is 0.533. The van der Waals surface area contributed by atoms with Crippen LogP contribution in [0.5, 0.6) is 0 Å². The smallest absolute Gasteiger partial charge is 0.304 e. The van der Waals surface area contributed by atoms with Gasteiger partial charge in [0.2, 0.25) is 0 Å². The van der Waals surface area contributed by atoms with Crippen LogP contribution in [0.15, 0.2) is 18.2 Å². The number of carbonyl (C=O) groups is 1. The molecule has 21 heavy (non-hydrogen) atoms. The van der Waals surface area contributed by atoms with Gasteiger partial charge in [-0.2, -0.15) is 0 Å². The number of alkyl halides is 1. The number of hydrogen-bond acceptors (Lipinski definition) is 4. The van der Waals surface area contributed by atoms with Crippen molar-refractivity contribution < 1.29 is 14.7 Å². The molecule has 0 spiro atoms. The average molecular weight is 315 g/mol. The van der Waals surface area contributed by atoms with Crippen LogP contribution in [0.2, 0.25) is 0 Å². The normalized spacial score (nSPS) is 12.2. The number of hydroxylamine groups is 1. The molecule has 0 aliphatic carbocycles. The summed E-state index contributed by atoms with van der Waals surface area (Å²) in [5.41, 5.74) is 8.89. The Kier molecular flexibility index (Phi) is 7.50. The van der Waals surface area contributed by atoms with Gasteiger partial charge in [-0.25, -0.2) is 0 Å². The number of aryl methyl sites for hydroxylation is 1. The number of carboxylic acid groups (broad SMARTS) is 1. The van der Waals surface area contributed by atoms with Gasteiger partial charge in [-0.05, 0) is 43.5 Å². The van der Waals surface area contributed by atoms with Crippen molar-refractivity contribution in [3.8, 4) is 0 Å². The maximum Gasteiger partial charge on any atom is 0.304 e. The molecule has 0 unspecified atom stereocenters. The van der Waals surface area contributed by atoms with E-state index in [2.05, 4.69) is 0 Å². The Morgan fingerprint density at radius 2 is 2.24 bits per heavy atom. The zero-order valence-electron chi connectivity index (χ0n) is 12.5. The zero-order valence-corrected chi connectivity index (χ0v) is 13.3. The summed E-state index contributed by atoms with van der Waals surface area (Å²) in [6.45, 7) is 5.04. The molecule has 118 valence electrons. The number of benzene rings is 1. The molecule has 0 fully saturated rings. The fourth-order valence-electron chi connectivity index (χ4n) is 2.11. The van der Waals surface area contributed by atoms with Crippen LogP contribution in [0, 0.1) is 6.92 Å². The van der Waals surface area contributed by atoms with Crippen molar-refractivity contribution >= 4 is 23.3 Å². The standard InChI is InChI=1S/C15H23ClN2O3/c1-3-21-18(7-6-16)14-5-4-11(2)12(9-14)8-13(17)10-15(19)20/h4-5,9,13H,3,6-8,10,17H2,1-2H3,(H,19,20)/t13-/m0/s1. The Bertz CT molecular complexity index is 462. The summed E-state index contributed by atoms with van der Waals surface area (Å²) in [4.78, 5) is 16.3. The van der Waals surface area contributed by atoms with Gasteiger partial charge in [-0.3, -0.25) is 14.7 Å². The highest BCUT2D eigenvalue weighted by atomic mass is 35.5. The molecule has 0 aliphatic heterocycles. The van der Waals surface area contributed by atoms with Crippen molar-refractivity contribution in [2.75, 3.05) is 24.1 Å². The minimum absolute atomic E-state index is 0.0411. The predicted octanol–water partition coefficient (Wildman–Crippen LogP) is 2.34. The summed E-state index contributed by atoms with van der Waals surface area (Å²) in [6.07, 6.45) is 0.479. The largest absolute Gasteiger partial charge is 0.481 e. The van der Waals surface area contributed by atoms with Crippen LogP contribution >= 0.6 is 11.6 Å². The Hall–Kier alpha value is -1.30. The molecule has 3 N–H and O–H groups in total. The lowest BCUT2D eigenvalue weighted by molar-refractivity contribution is -0.137. The number of anilines is 1. The molecule has 5 nitrogen and oxygen atoms in total. The average Bonchev–Trinajstić information content (AvgIpc) is 2.40. The lowest BCUT2D eigenvalue weighted by Gasteiger charge is -2.23. The summed E-state index contributed by atoms with van der Waals surface area (Å²) < 4.78 is 0. The number of rotatable bonds is 9. The number of hydrogen-bond donors (Lipinski definition) is 2. The molecule has 0 saturated heterocycles.